The summed E-state index contributed by atoms with van der Waals surface area (Å²) in [6, 6.07) is 13.1. The molecule has 0 unspecified atom stereocenters. The zero-order chi connectivity index (χ0) is 20.2. The summed E-state index contributed by atoms with van der Waals surface area (Å²) in [5.41, 5.74) is 3.78. The molecule has 1 aliphatic heterocycles. The molecular formula is C22H20N2O4S. The molecule has 1 aromatic carbocycles. The normalized spacial score (nSPS) is 16.0. The average molecular weight is 408 g/mol. The lowest BCUT2D eigenvalue weighted by molar-refractivity contribution is -0.152. The Morgan fingerprint density at radius 3 is 2.76 bits per heavy atom. The molecule has 4 rings (SSSR count). The van der Waals surface area contributed by atoms with Gasteiger partial charge in [-0.2, -0.15) is 16.4 Å². The van der Waals surface area contributed by atoms with E-state index in [1.165, 1.54) is 16.3 Å². The standard InChI is InChI=1S/C22H20N2O4S/c1-15-4-6-17(7-5-15)18-12-19(20-3-2-9-27-20)24(23-18)21(25)13-28-22(26)11-16-8-10-29-14-16/h2-10,14,19H,11-13H2,1H3/t19-/m1/s1. The topological polar surface area (TPSA) is 72.1 Å². The van der Waals surface area contributed by atoms with Crippen LogP contribution in [0.4, 0.5) is 0 Å². The van der Waals surface area contributed by atoms with E-state index >= 15 is 0 Å². The summed E-state index contributed by atoms with van der Waals surface area (Å²) < 4.78 is 10.7. The van der Waals surface area contributed by atoms with Gasteiger partial charge in [-0.3, -0.25) is 9.59 Å². The number of carbonyl (C=O) groups is 2. The fraction of sp³-hybridized carbons (Fsp3) is 0.227. The Morgan fingerprint density at radius 2 is 2.07 bits per heavy atom. The molecule has 29 heavy (non-hydrogen) atoms. The third-order valence-corrected chi connectivity index (χ3v) is 5.44. The van der Waals surface area contributed by atoms with Crippen molar-refractivity contribution < 1.29 is 18.7 Å². The van der Waals surface area contributed by atoms with Gasteiger partial charge < -0.3 is 9.15 Å². The van der Waals surface area contributed by atoms with Gasteiger partial charge in [0.1, 0.15) is 11.8 Å². The number of nitrogens with zero attached hydrogens (tertiary/aromatic N) is 2. The van der Waals surface area contributed by atoms with E-state index in [-0.39, 0.29) is 25.0 Å². The SMILES string of the molecule is Cc1ccc(C2=NN(C(=O)COC(=O)Cc3ccsc3)[C@@H](c3ccco3)C2)cc1. The smallest absolute Gasteiger partial charge is 0.310 e. The van der Waals surface area contributed by atoms with Gasteiger partial charge in [-0.15, -0.1) is 0 Å². The molecule has 1 amide bonds. The number of aryl methyl sites for hydroxylation is 1. The molecule has 7 heteroatoms. The van der Waals surface area contributed by atoms with Crippen LogP contribution in [0.15, 0.2) is 69.0 Å². The van der Waals surface area contributed by atoms with Gasteiger partial charge in [0.2, 0.25) is 0 Å². The number of esters is 1. The summed E-state index contributed by atoms with van der Waals surface area (Å²) in [5, 5.41) is 9.68. The second-order valence-corrected chi connectivity index (χ2v) is 7.64. The first-order valence-corrected chi connectivity index (χ1v) is 10.2. The quantitative estimate of drug-likeness (QED) is 0.576. The van der Waals surface area contributed by atoms with Gasteiger partial charge in [0.25, 0.3) is 5.91 Å². The highest BCUT2D eigenvalue weighted by molar-refractivity contribution is 7.08. The number of furan rings is 1. The van der Waals surface area contributed by atoms with Crippen LogP contribution in [0.2, 0.25) is 0 Å². The molecule has 0 N–H and O–H groups in total. The molecule has 1 aliphatic rings. The first-order chi connectivity index (χ1) is 14.1. The van der Waals surface area contributed by atoms with Gasteiger partial charge in [-0.05, 0) is 47.0 Å². The number of rotatable bonds is 6. The molecule has 0 aliphatic carbocycles. The summed E-state index contributed by atoms with van der Waals surface area (Å²) in [4.78, 5) is 24.8. The van der Waals surface area contributed by atoms with Crippen LogP contribution >= 0.6 is 11.3 Å². The second-order valence-electron chi connectivity index (χ2n) is 6.86. The summed E-state index contributed by atoms with van der Waals surface area (Å²) in [5.74, 6) is -0.172. The lowest BCUT2D eigenvalue weighted by Crippen LogP contribution is -2.31. The molecule has 0 fully saturated rings. The van der Waals surface area contributed by atoms with Crippen LogP contribution in [0.5, 0.6) is 0 Å². The number of hydrazone groups is 1. The Labute approximate surface area is 172 Å². The molecule has 3 aromatic rings. The highest BCUT2D eigenvalue weighted by atomic mass is 32.1. The molecule has 0 bridgehead atoms. The van der Waals surface area contributed by atoms with Gasteiger partial charge in [0.05, 0.1) is 18.4 Å². The highest BCUT2D eigenvalue weighted by Gasteiger charge is 2.35. The van der Waals surface area contributed by atoms with Crippen LogP contribution in [0, 0.1) is 6.92 Å². The molecular weight excluding hydrogens is 388 g/mol. The van der Waals surface area contributed by atoms with Crippen LogP contribution in [0.1, 0.15) is 34.9 Å². The maximum absolute atomic E-state index is 12.8. The maximum atomic E-state index is 12.8. The largest absolute Gasteiger partial charge is 0.467 e. The number of carbonyl (C=O) groups excluding carboxylic acids is 2. The van der Waals surface area contributed by atoms with Crippen molar-refractivity contribution in [1.82, 2.24) is 5.01 Å². The second kappa shape index (κ2) is 8.45. The minimum absolute atomic E-state index is 0.149. The number of benzene rings is 1. The number of amides is 1. The molecule has 148 valence electrons. The van der Waals surface area contributed by atoms with Crippen molar-refractivity contribution in [3.05, 3.63) is 81.9 Å². The van der Waals surface area contributed by atoms with Gasteiger partial charge in [0, 0.05) is 6.42 Å². The van der Waals surface area contributed by atoms with E-state index in [9.17, 15) is 9.59 Å². The number of hydrogen-bond donors (Lipinski definition) is 0. The van der Waals surface area contributed by atoms with Crippen LogP contribution in [-0.4, -0.2) is 29.2 Å². The summed E-state index contributed by atoms with van der Waals surface area (Å²) in [6.07, 6.45) is 2.25. The molecule has 0 saturated carbocycles. The van der Waals surface area contributed by atoms with E-state index in [0.29, 0.717) is 12.2 Å². The van der Waals surface area contributed by atoms with Gasteiger partial charge in [0.15, 0.2) is 6.61 Å². The fourth-order valence-electron chi connectivity index (χ4n) is 3.18. The Balaban J connectivity index is 1.47. The predicted octanol–water partition coefficient (Wildman–Crippen LogP) is 4.11. The fourth-order valence-corrected chi connectivity index (χ4v) is 3.85. The molecule has 0 saturated heterocycles. The third-order valence-electron chi connectivity index (χ3n) is 4.71. The minimum Gasteiger partial charge on any atom is -0.467 e. The van der Waals surface area contributed by atoms with Gasteiger partial charge >= 0.3 is 5.97 Å². The van der Waals surface area contributed by atoms with Crippen molar-refractivity contribution in [2.45, 2.75) is 25.8 Å². The number of hydrogen-bond acceptors (Lipinski definition) is 6. The molecule has 0 spiro atoms. The van der Waals surface area contributed by atoms with Crippen LogP contribution in [0.3, 0.4) is 0 Å². The number of thiophene rings is 1. The zero-order valence-electron chi connectivity index (χ0n) is 15.9. The maximum Gasteiger partial charge on any atom is 0.310 e. The Morgan fingerprint density at radius 1 is 1.24 bits per heavy atom. The van der Waals surface area contributed by atoms with Crippen molar-refractivity contribution in [2.24, 2.45) is 5.10 Å². The van der Waals surface area contributed by atoms with Crippen molar-refractivity contribution in [3.8, 4) is 0 Å². The van der Waals surface area contributed by atoms with Crippen LogP contribution < -0.4 is 0 Å². The monoisotopic (exact) mass is 408 g/mol. The van der Waals surface area contributed by atoms with Crippen molar-refractivity contribution in [3.63, 3.8) is 0 Å². The van der Waals surface area contributed by atoms with E-state index in [2.05, 4.69) is 5.10 Å². The van der Waals surface area contributed by atoms with Crippen LogP contribution in [0.25, 0.3) is 0 Å². The first-order valence-electron chi connectivity index (χ1n) is 9.27. The van der Waals surface area contributed by atoms with E-state index < -0.39 is 5.97 Å². The van der Waals surface area contributed by atoms with E-state index in [1.807, 2.05) is 54.1 Å². The van der Waals surface area contributed by atoms with E-state index in [1.54, 1.807) is 12.3 Å². The summed E-state index contributed by atoms with van der Waals surface area (Å²) in [7, 11) is 0. The predicted molar refractivity (Wildman–Crippen MR) is 110 cm³/mol. The van der Waals surface area contributed by atoms with Gasteiger partial charge in [-0.25, -0.2) is 5.01 Å². The highest BCUT2D eigenvalue weighted by Crippen LogP contribution is 2.33. The molecule has 0 radical (unpaired) electrons. The molecule has 6 nitrogen and oxygen atoms in total. The lowest BCUT2D eigenvalue weighted by atomic mass is 10.0. The molecule has 2 aromatic heterocycles. The van der Waals surface area contributed by atoms with Crippen molar-refractivity contribution in [1.29, 1.82) is 0 Å². The minimum atomic E-state index is -0.437. The zero-order valence-corrected chi connectivity index (χ0v) is 16.7. The average Bonchev–Trinajstić information content (AvgIpc) is 3.47. The van der Waals surface area contributed by atoms with E-state index in [0.717, 1.165) is 22.4 Å². The summed E-state index contributed by atoms with van der Waals surface area (Å²) in [6.45, 7) is 1.66. The molecule has 3 heterocycles. The lowest BCUT2D eigenvalue weighted by Gasteiger charge is -2.19. The first kappa shape index (κ1) is 19.1. The van der Waals surface area contributed by atoms with Crippen LogP contribution in [-0.2, 0) is 20.7 Å². The molecule has 1 atom stereocenters. The Bertz CT molecular complexity index is 1010. The third kappa shape index (κ3) is 4.46. The van der Waals surface area contributed by atoms with Crippen molar-refractivity contribution in [2.75, 3.05) is 6.61 Å². The Hall–Kier alpha value is -3.19. The van der Waals surface area contributed by atoms with E-state index in [4.69, 9.17) is 9.15 Å². The summed E-state index contributed by atoms with van der Waals surface area (Å²) >= 11 is 1.51. The Kier molecular flexibility index (Phi) is 5.57. The van der Waals surface area contributed by atoms with Crippen molar-refractivity contribution >= 4 is 28.9 Å². The number of ether oxygens (including phenoxy) is 1. The van der Waals surface area contributed by atoms with Gasteiger partial charge in [-0.1, -0.05) is 29.8 Å².